The Bertz CT molecular complexity index is 448. The summed E-state index contributed by atoms with van der Waals surface area (Å²) in [4.78, 5) is 12.0. The molecule has 2 unspecified atom stereocenters. The normalized spacial score (nSPS) is 14.0. The number of carbonyl (C=O) groups excluding carboxylic acids is 1. The van der Waals surface area contributed by atoms with Crippen LogP contribution < -0.4 is 11.1 Å². The van der Waals surface area contributed by atoms with Gasteiger partial charge in [-0.3, -0.25) is 4.79 Å². The van der Waals surface area contributed by atoms with E-state index in [1.165, 1.54) is 12.1 Å². The van der Waals surface area contributed by atoms with Crippen molar-refractivity contribution in [2.75, 3.05) is 6.54 Å². The molecule has 0 aliphatic carbocycles. The molecule has 0 saturated heterocycles. The summed E-state index contributed by atoms with van der Waals surface area (Å²) >= 11 is 0. The van der Waals surface area contributed by atoms with Crippen LogP contribution in [0.2, 0.25) is 0 Å². The Kier molecular flexibility index (Phi) is 7.37. The van der Waals surface area contributed by atoms with Crippen molar-refractivity contribution in [3.05, 3.63) is 35.6 Å². The quantitative estimate of drug-likeness (QED) is 0.772. The molecule has 0 saturated carbocycles. The van der Waals surface area contributed by atoms with Crippen LogP contribution >= 0.6 is 0 Å². The highest BCUT2D eigenvalue weighted by molar-refractivity contribution is 5.76. The van der Waals surface area contributed by atoms with Crippen LogP contribution in [-0.2, 0) is 4.79 Å². The SMILES string of the molecule is CC(NC(=O)CCC(CCN)C(C)C)c1cccc(F)c1. The number of nitrogens with two attached hydrogens (primary N) is 1. The second-order valence-corrected chi connectivity index (χ2v) is 5.96. The highest BCUT2D eigenvalue weighted by atomic mass is 19.1. The van der Waals surface area contributed by atoms with Crippen LogP contribution in [0.1, 0.15) is 51.6 Å². The van der Waals surface area contributed by atoms with Gasteiger partial charge in [0.1, 0.15) is 5.82 Å². The largest absolute Gasteiger partial charge is 0.350 e. The predicted molar refractivity (Wildman–Crippen MR) is 84.2 cm³/mol. The fourth-order valence-electron chi connectivity index (χ4n) is 2.51. The zero-order chi connectivity index (χ0) is 15.8. The standard InChI is InChI=1S/C17H27FN2O/c1-12(2)14(9-10-19)7-8-17(21)20-13(3)15-5-4-6-16(18)11-15/h4-6,11-14H,7-10,19H2,1-3H3,(H,20,21). The molecule has 3 nitrogen and oxygen atoms in total. The van der Waals surface area contributed by atoms with Gasteiger partial charge in [-0.25, -0.2) is 4.39 Å². The van der Waals surface area contributed by atoms with Crippen LogP contribution in [0, 0.1) is 17.7 Å². The molecule has 118 valence electrons. The van der Waals surface area contributed by atoms with Crippen LogP contribution in [0.15, 0.2) is 24.3 Å². The Balaban J connectivity index is 2.46. The Labute approximate surface area is 127 Å². The van der Waals surface area contributed by atoms with Crippen molar-refractivity contribution in [1.29, 1.82) is 0 Å². The van der Waals surface area contributed by atoms with E-state index >= 15 is 0 Å². The van der Waals surface area contributed by atoms with Crippen LogP contribution in [-0.4, -0.2) is 12.5 Å². The second kappa shape index (κ2) is 8.78. The van der Waals surface area contributed by atoms with Crippen LogP contribution in [0.3, 0.4) is 0 Å². The lowest BCUT2D eigenvalue weighted by Crippen LogP contribution is -2.27. The number of hydrogen-bond donors (Lipinski definition) is 2. The monoisotopic (exact) mass is 294 g/mol. The van der Waals surface area contributed by atoms with E-state index in [-0.39, 0.29) is 17.8 Å². The van der Waals surface area contributed by atoms with E-state index in [0.29, 0.717) is 24.8 Å². The van der Waals surface area contributed by atoms with Crippen molar-refractivity contribution >= 4 is 5.91 Å². The molecule has 0 aliphatic rings. The summed E-state index contributed by atoms with van der Waals surface area (Å²) in [6.45, 7) is 6.85. The second-order valence-electron chi connectivity index (χ2n) is 5.96. The van der Waals surface area contributed by atoms with E-state index in [2.05, 4.69) is 19.2 Å². The van der Waals surface area contributed by atoms with E-state index in [9.17, 15) is 9.18 Å². The highest BCUT2D eigenvalue weighted by Gasteiger charge is 2.16. The summed E-state index contributed by atoms with van der Waals surface area (Å²) in [5.41, 5.74) is 6.39. The molecule has 1 aromatic rings. The van der Waals surface area contributed by atoms with Gasteiger partial charge in [0.2, 0.25) is 5.91 Å². The highest BCUT2D eigenvalue weighted by Crippen LogP contribution is 2.21. The first-order valence-corrected chi connectivity index (χ1v) is 7.69. The van der Waals surface area contributed by atoms with Gasteiger partial charge in [-0.2, -0.15) is 0 Å². The van der Waals surface area contributed by atoms with Crippen molar-refractivity contribution in [2.45, 2.75) is 46.1 Å². The van der Waals surface area contributed by atoms with E-state index in [0.717, 1.165) is 18.4 Å². The minimum Gasteiger partial charge on any atom is -0.350 e. The van der Waals surface area contributed by atoms with Gasteiger partial charge in [0.05, 0.1) is 6.04 Å². The lowest BCUT2D eigenvalue weighted by atomic mass is 9.88. The molecule has 3 N–H and O–H groups in total. The molecule has 0 aromatic heterocycles. The summed E-state index contributed by atoms with van der Waals surface area (Å²) in [6, 6.07) is 6.15. The molecule has 0 radical (unpaired) electrons. The molecular weight excluding hydrogens is 267 g/mol. The molecule has 0 heterocycles. The Morgan fingerprint density at radius 1 is 1.29 bits per heavy atom. The molecule has 1 rings (SSSR count). The van der Waals surface area contributed by atoms with Gasteiger partial charge in [0.25, 0.3) is 0 Å². The summed E-state index contributed by atoms with van der Waals surface area (Å²) in [7, 11) is 0. The Morgan fingerprint density at radius 3 is 2.57 bits per heavy atom. The van der Waals surface area contributed by atoms with Gasteiger partial charge in [0, 0.05) is 6.42 Å². The molecular formula is C17H27FN2O. The molecule has 0 bridgehead atoms. The maximum atomic E-state index is 13.2. The van der Waals surface area contributed by atoms with Gasteiger partial charge in [-0.1, -0.05) is 26.0 Å². The first kappa shape index (κ1) is 17.6. The third kappa shape index (κ3) is 6.25. The number of halogens is 1. The van der Waals surface area contributed by atoms with Crippen molar-refractivity contribution in [2.24, 2.45) is 17.6 Å². The average molecular weight is 294 g/mol. The predicted octanol–water partition coefficient (Wildman–Crippen LogP) is 3.40. The number of amides is 1. The Morgan fingerprint density at radius 2 is 2.00 bits per heavy atom. The van der Waals surface area contributed by atoms with E-state index in [4.69, 9.17) is 5.73 Å². The Hall–Kier alpha value is -1.42. The van der Waals surface area contributed by atoms with Gasteiger partial charge in [-0.15, -0.1) is 0 Å². The van der Waals surface area contributed by atoms with Gasteiger partial charge >= 0.3 is 0 Å². The molecule has 4 heteroatoms. The average Bonchev–Trinajstić information content (AvgIpc) is 2.43. The van der Waals surface area contributed by atoms with E-state index in [1.807, 2.05) is 13.0 Å². The molecule has 0 fully saturated rings. The number of hydrogen-bond acceptors (Lipinski definition) is 2. The zero-order valence-corrected chi connectivity index (χ0v) is 13.2. The number of carbonyl (C=O) groups is 1. The maximum absolute atomic E-state index is 13.2. The van der Waals surface area contributed by atoms with Crippen molar-refractivity contribution in [1.82, 2.24) is 5.32 Å². The molecule has 2 atom stereocenters. The zero-order valence-electron chi connectivity index (χ0n) is 13.2. The lowest BCUT2D eigenvalue weighted by Gasteiger charge is -2.20. The third-order valence-electron chi connectivity index (χ3n) is 3.95. The van der Waals surface area contributed by atoms with Crippen LogP contribution in [0.4, 0.5) is 4.39 Å². The van der Waals surface area contributed by atoms with Gasteiger partial charge in [0.15, 0.2) is 0 Å². The topological polar surface area (TPSA) is 55.1 Å². The molecule has 0 aliphatic heterocycles. The molecule has 1 amide bonds. The fraction of sp³-hybridized carbons (Fsp3) is 0.588. The first-order valence-electron chi connectivity index (χ1n) is 7.69. The summed E-state index contributed by atoms with van der Waals surface area (Å²) < 4.78 is 13.2. The third-order valence-corrected chi connectivity index (χ3v) is 3.95. The molecule has 21 heavy (non-hydrogen) atoms. The number of nitrogens with one attached hydrogen (secondary N) is 1. The minimum atomic E-state index is -0.281. The van der Waals surface area contributed by atoms with Crippen molar-refractivity contribution < 1.29 is 9.18 Å². The summed E-state index contributed by atoms with van der Waals surface area (Å²) in [5.74, 6) is 0.734. The van der Waals surface area contributed by atoms with Gasteiger partial charge in [-0.05, 0) is 55.8 Å². The smallest absolute Gasteiger partial charge is 0.220 e. The first-order chi connectivity index (χ1) is 9.93. The molecule has 0 spiro atoms. The van der Waals surface area contributed by atoms with Crippen molar-refractivity contribution in [3.63, 3.8) is 0 Å². The van der Waals surface area contributed by atoms with Crippen molar-refractivity contribution in [3.8, 4) is 0 Å². The van der Waals surface area contributed by atoms with Crippen LogP contribution in [0.5, 0.6) is 0 Å². The lowest BCUT2D eigenvalue weighted by molar-refractivity contribution is -0.122. The van der Waals surface area contributed by atoms with E-state index < -0.39 is 0 Å². The summed E-state index contributed by atoms with van der Waals surface area (Å²) in [5, 5.41) is 2.92. The fourth-order valence-corrected chi connectivity index (χ4v) is 2.51. The molecule has 1 aromatic carbocycles. The van der Waals surface area contributed by atoms with E-state index in [1.54, 1.807) is 6.07 Å². The van der Waals surface area contributed by atoms with Gasteiger partial charge < -0.3 is 11.1 Å². The maximum Gasteiger partial charge on any atom is 0.220 e. The number of benzene rings is 1. The van der Waals surface area contributed by atoms with Crippen LogP contribution in [0.25, 0.3) is 0 Å². The minimum absolute atomic E-state index is 0.00873. The summed E-state index contributed by atoms with van der Waals surface area (Å²) in [6.07, 6.45) is 2.28. The number of rotatable bonds is 8.